The van der Waals surface area contributed by atoms with Gasteiger partial charge in [-0.05, 0) is 71.4 Å². The van der Waals surface area contributed by atoms with Crippen molar-refractivity contribution in [2.45, 2.75) is 13.5 Å². The van der Waals surface area contributed by atoms with E-state index in [0.29, 0.717) is 6.54 Å². The summed E-state index contributed by atoms with van der Waals surface area (Å²) in [7, 11) is 0. The lowest BCUT2D eigenvalue weighted by Gasteiger charge is -2.13. The summed E-state index contributed by atoms with van der Waals surface area (Å²) < 4.78 is 7.12. The summed E-state index contributed by atoms with van der Waals surface area (Å²) in [5.41, 5.74) is 3.31. The molecule has 0 aliphatic carbocycles. The van der Waals surface area contributed by atoms with Crippen LogP contribution in [0.15, 0.2) is 96.0 Å². The van der Waals surface area contributed by atoms with E-state index in [4.69, 9.17) is 16.3 Å². The number of hydrogen-bond acceptors (Lipinski definition) is 6. The van der Waals surface area contributed by atoms with Crippen molar-refractivity contribution in [1.82, 2.24) is 9.47 Å². The first-order valence-electron chi connectivity index (χ1n) is 13.9. The van der Waals surface area contributed by atoms with Crippen LogP contribution in [0.2, 0.25) is 5.02 Å². The molecule has 5 aromatic rings. The molecule has 0 atom stereocenters. The van der Waals surface area contributed by atoms with Gasteiger partial charge in [0.05, 0.1) is 22.1 Å². The number of anilines is 1. The molecule has 1 saturated heterocycles. The largest absolute Gasteiger partial charge is 0.462 e. The summed E-state index contributed by atoms with van der Waals surface area (Å²) in [6, 6.07) is 26.9. The van der Waals surface area contributed by atoms with E-state index in [1.807, 2.05) is 42.6 Å². The number of ether oxygens (including phenoxy) is 1. The molecular formula is C34H26ClN3O5S. The van der Waals surface area contributed by atoms with Gasteiger partial charge in [0.15, 0.2) is 0 Å². The standard InChI is InChI=1S/C34H26ClN3O5S/c1-2-43-33(41)27-17-25(13-14-28(27)35)36-31(39)20-38-32(40)30(44-34(38)42)16-24-19-37(29-10-6-5-9-26(24)29)18-21-11-12-22-7-3-4-8-23(22)15-21/h3-17,19H,2,18,20H2,1H3,(H,36,39)/b30-16-. The molecule has 1 aliphatic heterocycles. The lowest BCUT2D eigenvalue weighted by Crippen LogP contribution is -2.36. The van der Waals surface area contributed by atoms with E-state index in [1.54, 1.807) is 13.0 Å². The predicted octanol–water partition coefficient (Wildman–Crippen LogP) is 7.35. The monoisotopic (exact) mass is 623 g/mol. The van der Waals surface area contributed by atoms with E-state index >= 15 is 0 Å². The van der Waals surface area contributed by atoms with Gasteiger partial charge in [-0.3, -0.25) is 19.3 Å². The number of rotatable bonds is 8. The number of benzene rings is 4. The van der Waals surface area contributed by atoms with Gasteiger partial charge in [0, 0.05) is 34.9 Å². The van der Waals surface area contributed by atoms with Crippen LogP contribution in [0.3, 0.4) is 0 Å². The zero-order valence-corrected chi connectivity index (χ0v) is 25.2. The minimum absolute atomic E-state index is 0.0974. The minimum Gasteiger partial charge on any atom is -0.462 e. The first-order chi connectivity index (χ1) is 21.3. The summed E-state index contributed by atoms with van der Waals surface area (Å²) >= 11 is 6.89. The number of amides is 3. The number of carbonyl (C=O) groups is 4. The molecule has 10 heteroatoms. The molecule has 8 nitrogen and oxygen atoms in total. The molecule has 44 heavy (non-hydrogen) atoms. The van der Waals surface area contributed by atoms with Crippen molar-refractivity contribution in [2.75, 3.05) is 18.5 Å². The number of esters is 1. The zero-order valence-electron chi connectivity index (χ0n) is 23.6. The van der Waals surface area contributed by atoms with E-state index in [2.05, 4.69) is 40.2 Å². The molecule has 0 saturated carbocycles. The molecule has 0 spiro atoms. The van der Waals surface area contributed by atoms with Crippen LogP contribution < -0.4 is 5.32 Å². The van der Waals surface area contributed by atoms with Crippen LogP contribution in [0.1, 0.15) is 28.4 Å². The smallest absolute Gasteiger partial charge is 0.339 e. The second-order valence-corrected chi connectivity index (χ2v) is 11.5. The number of fused-ring (bicyclic) bond motifs is 2. The third-order valence-corrected chi connectivity index (χ3v) is 8.43. The van der Waals surface area contributed by atoms with Crippen molar-refractivity contribution in [3.05, 3.63) is 118 Å². The summed E-state index contributed by atoms with van der Waals surface area (Å²) in [6.07, 6.45) is 3.68. The number of nitrogens with zero attached hydrogens (tertiary/aromatic N) is 2. The first kappa shape index (κ1) is 29.2. The van der Waals surface area contributed by atoms with Gasteiger partial charge in [-0.2, -0.15) is 0 Å². The van der Waals surface area contributed by atoms with Crippen molar-refractivity contribution in [1.29, 1.82) is 0 Å². The summed E-state index contributed by atoms with van der Waals surface area (Å²) in [6.45, 7) is 1.99. The number of imide groups is 1. The summed E-state index contributed by atoms with van der Waals surface area (Å²) in [4.78, 5) is 52.2. The number of hydrogen-bond donors (Lipinski definition) is 1. The number of nitrogens with one attached hydrogen (secondary N) is 1. The topological polar surface area (TPSA) is 97.7 Å². The zero-order chi connectivity index (χ0) is 30.8. The van der Waals surface area contributed by atoms with Crippen LogP contribution in [0.25, 0.3) is 27.8 Å². The molecule has 220 valence electrons. The molecule has 0 bridgehead atoms. The lowest BCUT2D eigenvalue weighted by molar-refractivity contribution is -0.127. The number of aromatic nitrogens is 1. The van der Waals surface area contributed by atoms with Crippen LogP contribution in [-0.4, -0.2) is 45.6 Å². The fraction of sp³-hybridized carbons (Fsp3) is 0.118. The maximum atomic E-state index is 13.3. The van der Waals surface area contributed by atoms with Gasteiger partial charge in [0.2, 0.25) is 5.91 Å². The van der Waals surface area contributed by atoms with Crippen LogP contribution in [-0.2, 0) is 20.9 Å². The van der Waals surface area contributed by atoms with Crippen LogP contribution in [0, 0.1) is 0 Å². The van der Waals surface area contributed by atoms with E-state index < -0.39 is 29.6 Å². The Balaban J connectivity index is 1.20. The molecule has 1 aliphatic rings. The van der Waals surface area contributed by atoms with E-state index in [0.717, 1.165) is 44.1 Å². The molecule has 4 aromatic carbocycles. The fourth-order valence-electron chi connectivity index (χ4n) is 5.14. The highest BCUT2D eigenvalue weighted by Crippen LogP contribution is 2.34. The maximum absolute atomic E-state index is 13.3. The molecule has 1 N–H and O–H groups in total. The van der Waals surface area contributed by atoms with Crippen LogP contribution in [0.5, 0.6) is 0 Å². The highest BCUT2D eigenvalue weighted by atomic mass is 35.5. The number of carbonyl (C=O) groups excluding carboxylic acids is 4. The average molecular weight is 624 g/mol. The minimum atomic E-state index is -0.622. The van der Waals surface area contributed by atoms with Gasteiger partial charge in [0.1, 0.15) is 6.54 Å². The highest BCUT2D eigenvalue weighted by Gasteiger charge is 2.36. The SMILES string of the molecule is CCOC(=O)c1cc(NC(=O)CN2C(=O)S/C(=C\c3cn(Cc4ccc5ccccc5c4)c4ccccc34)C2=O)ccc1Cl. The van der Waals surface area contributed by atoms with E-state index in [-0.39, 0.29) is 27.8 Å². The summed E-state index contributed by atoms with van der Waals surface area (Å²) in [5.74, 6) is -1.77. The molecule has 3 amide bonds. The van der Waals surface area contributed by atoms with Gasteiger partial charge in [0.25, 0.3) is 11.1 Å². The Hall–Kier alpha value is -4.86. The number of thioether (sulfide) groups is 1. The Bertz CT molecular complexity index is 2000. The van der Waals surface area contributed by atoms with Crippen molar-refractivity contribution < 1.29 is 23.9 Å². The van der Waals surface area contributed by atoms with Crippen molar-refractivity contribution >= 4 is 79.8 Å². The molecule has 0 radical (unpaired) electrons. The van der Waals surface area contributed by atoms with Gasteiger partial charge in [-0.1, -0.05) is 66.2 Å². The van der Waals surface area contributed by atoms with Crippen LogP contribution >= 0.6 is 23.4 Å². The molecule has 1 fully saturated rings. The fourth-order valence-corrected chi connectivity index (χ4v) is 6.17. The predicted molar refractivity (Wildman–Crippen MR) is 174 cm³/mol. The van der Waals surface area contributed by atoms with Gasteiger partial charge >= 0.3 is 5.97 Å². The molecule has 1 aromatic heterocycles. The van der Waals surface area contributed by atoms with Crippen LogP contribution in [0.4, 0.5) is 10.5 Å². The second kappa shape index (κ2) is 12.4. The third-order valence-electron chi connectivity index (χ3n) is 7.19. The Kier molecular flexibility index (Phi) is 8.23. The number of para-hydroxylation sites is 1. The Morgan fingerprint density at radius 1 is 0.955 bits per heavy atom. The second-order valence-electron chi connectivity index (χ2n) is 10.1. The Morgan fingerprint density at radius 2 is 1.73 bits per heavy atom. The number of halogens is 1. The quantitative estimate of drug-likeness (QED) is 0.143. The van der Waals surface area contributed by atoms with Gasteiger partial charge < -0.3 is 14.6 Å². The molecule has 0 unspecified atom stereocenters. The van der Waals surface area contributed by atoms with E-state index in [1.165, 1.54) is 23.6 Å². The molecule has 6 rings (SSSR count). The van der Waals surface area contributed by atoms with Crippen molar-refractivity contribution in [2.24, 2.45) is 0 Å². The summed E-state index contributed by atoms with van der Waals surface area (Å²) in [5, 5.41) is 5.53. The first-order valence-corrected chi connectivity index (χ1v) is 15.1. The third kappa shape index (κ3) is 5.97. The van der Waals surface area contributed by atoms with Gasteiger partial charge in [-0.15, -0.1) is 0 Å². The Labute approximate surface area is 262 Å². The normalized spacial score (nSPS) is 14.1. The average Bonchev–Trinajstić information content (AvgIpc) is 3.49. The maximum Gasteiger partial charge on any atom is 0.339 e. The van der Waals surface area contributed by atoms with E-state index in [9.17, 15) is 19.2 Å². The van der Waals surface area contributed by atoms with Crippen molar-refractivity contribution in [3.63, 3.8) is 0 Å². The lowest BCUT2D eigenvalue weighted by atomic mass is 10.1. The van der Waals surface area contributed by atoms with Gasteiger partial charge in [-0.25, -0.2) is 4.79 Å². The highest BCUT2D eigenvalue weighted by molar-refractivity contribution is 8.18. The molecule has 2 heterocycles. The molecular weight excluding hydrogens is 598 g/mol. The van der Waals surface area contributed by atoms with Crippen molar-refractivity contribution in [3.8, 4) is 0 Å². The Morgan fingerprint density at radius 3 is 2.55 bits per heavy atom.